The quantitative estimate of drug-likeness (QED) is 0.701. The Bertz CT molecular complexity index is 439. The molecule has 0 bridgehead atoms. The maximum Gasteiger partial charge on any atom is 0.229 e. The summed E-state index contributed by atoms with van der Waals surface area (Å²) < 4.78 is 0. The maximum absolute atomic E-state index is 11.8. The lowest BCUT2D eigenvalue weighted by Gasteiger charge is -2.19. The van der Waals surface area contributed by atoms with Crippen molar-refractivity contribution in [1.82, 2.24) is 0 Å². The molecule has 0 aliphatic rings. The molecule has 0 atom stereocenters. The van der Waals surface area contributed by atoms with E-state index in [0.717, 1.165) is 0 Å². The molecule has 0 saturated carbocycles. The molecular weight excluding hydrogens is 304 g/mol. The molecule has 1 N–H and O–H groups in total. The van der Waals surface area contributed by atoms with Gasteiger partial charge in [-0.25, -0.2) is 0 Å². The molecule has 1 aromatic rings. The molecule has 0 radical (unpaired) electrons. The number of nitrogens with one attached hydrogen (secondary N) is 1. The first kappa shape index (κ1) is 14.9. The van der Waals surface area contributed by atoms with Gasteiger partial charge >= 0.3 is 0 Å². The molecule has 0 heterocycles. The Balaban J connectivity index is 3.20. The second kappa shape index (κ2) is 5.23. The van der Waals surface area contributed by atoms with E-state index in [0.29, 0.717) is 0 Å². The first-order chi connectivity index (χ1) is 7.64. The van der Waals surface area contributed by atoms with Gasteiger partial charge in [0.25, 0.3) is 0 Å². The zero-order valence-corrected chi connectivity index (χ0v) is 12.5. The summed E-state index contributed by atoms with van der Waals surface area (Å²) in [6.07, 6.45) is 0. The highest BCUT2D eigenvalue weighted by Gasteiger charge is 2.24. The van der Waals surface area contributed by atoms with Gasteiger partial charge < -0.3 is 5.32 Å². The van der Waals surface area contributed by atoms with Crippen LogP contribution in [0.15, 0.2) is 6.07 Å². The van der Waals surface area contributed by atoms with E-state index in [1.165, 1.54) is 6.07 Å². The van der Waals surface area contributed by atoms with E-state index in [-0.39, 0.29) is 31.7 Å². The summed E-state index contributed by atoms with van der Waals surface area (Å²) >= 11 is 23.7. The minimum atomic E-state index is -0.568. The van der Waals surface area contributed by atoms with Crippen molar-refractivity contribution in [3.63, 3.8) is 0 Å². The van der Waals surface area contributed by atoms with Crippen LogP contribution >= 0.6 is 46.4 Å². The van der Waals surface area contributed by atoms with Crippen molar-refractivity contribution >= 4 is 58.0 Å². The van der Waals surface area contributed by atoms with Gasteiger partial charge in [-0.3, -0.25) is 4.79 Å². The molecular formula is C11H11Cl4NO. The van der Waals surface area contributed by atoms with E-state index in [1.807, 2.05) is 0 Å². The molecule has 0 aliphatic heterocycles. The Kier molecular flexibility index (Phi) is 4.59. The minimum Gasteiger partial charge on any atom is -0.323 e. The third-order valence-electron chi connectivity index (χ3n) is 2.03. The van der Waals surface area contributed by atoms with Gasteiger partial charge in [0.2, 0.25) is 5.91 Å². The van der Waals surface area contributed by atoms with Crippen LogP contribution in [0.3, 0.4) is 0 Å². The van der Waals surface area contributed by atoms with Crippen molar-refractivity contribution in [2.45, 2.75) is 20.8 Å². The van der Waals surface area contributed by atoms with Gasteiger partial charge in [-0.1, -0.05) is 67.2 Å². The second-order valence-electron chi connectivity index (χ2n) is 4.55. The molecule has 1 amide bonds. The summed E-state index contributed by atoms with van der Waals surface area (Å²) in [5.41, 5.74) is -0.327. The van der Waals surface area contributed by atoms with Crippen LogP contribution in [0, 0.1) is 5.41 Å². The third-order valence-corrected chi connectivity index (χ3v) is 3.61. The second-order valence-corrected chi connectivity index (χ2v) is 6.12. The zero-order chi connectivity index (χ0) is 13.4. The van der Waals surface area contributed by atoms with Gasteiger partial charge in [0.05, 0.1) is 25.8 Å². The average molecular weight is 315 g/mol. The fourth-order valence-corrected chi connectivity index (χ4v) is 1.89. The van der Waals surface area contributed by atoms with Crippen LogP contribution in [0.1, 0.15) is 20.8 Å². The summed E-state index contributed by atoms with van der Waals surface area (Å²) in [7, 11) is 0. The largest absolute Gasteiger partial charge is 0.323 e. The highest BCUT2D eigenvalue weighted by Crippen LogP contribution is 2.41. The van der Waals surface area contributed by atoms with Gasteiger partial charge in [0, 0.05) is 5.41 Å². The van der Waals surface area contributed by atoms with Crippen LogP contribution in [-0.4, -0.2) is 5.91 Å². The van der Waals surface area contributed by atoms with E-state index in [9.17, 15) is 4.79 Å². The van der Waals surface area contributed by atoms with E-state index in [4.69, 9.17) is 46.4 Å². The Labute approximate surface area is 120 Å². The van der Waals surface area contributed by atoms with Gasteiger partial charge in [-0.15, -0.1) is 0 Å². The monoisotopic (exact) mass is 313 g/mol. The molecule has 0 aliphatic carbocycles. The SMILES string of the molecule is CC(C)(C)C(=O)Nc1c(Cl)c(Cl)cc(Cl)c1Cl. The number of benzene rings is 1. The van der Waals surface area contributed by atoms with Crippen molar-refractivity contribution in [2.24, 2.45) is 5.41 Å². The van der Waals surface area contributed by atoms with Crippen molar-refractivity contribution in [1.29, 1.82) is 0 Å². The number of rotatable bonds is 1. The predicted octanol–water partition coefficient (Wildman–Crippen LogP) is 5.28. The summed E-state index contributed by atoms with van der Waals surface area (Å²) in [4.78, 5) is 11.8. The van der Waals surface area contributed by atoms with Crippen molar-refractivity contribution in [3.8, 4) is 0 Å². The van der Waals surface area contributed by atoms with Crippen molar-refractivity contribution in [3.05, 3.63) is 26.2 Å². The van der Waals surface area contributed by atoms with Gasteiger partial charge in [0.15, 0.2) is 0 Å². The van der Waals surface area contributed by atoms with E-state index in [2.05, 4.69) is 5.32 Å². The molecule has 0 aromatic heterocycles. The number of halogens is 4. The number of carbonyl (C=O) groups is 1. The van der Waals surface area contributed by atoms with Gasteiger partial charge in [-0.05, 0) is 6.07 Å². The summed E-state index contributed by atoms with van der Waals surface area (Å²) in [5.74, 6) is -0.223. The van der Waals surface area contributed by atoms with Crippen LogP contribution in [0.5, 0.6) is 0 Å². The first-order valence-corrected chi connectivity index (χ1v) is 6.30. The molecule has 0 spiro atoms. The third kappa shape index (κ3) is 3.41. The van der Waals surface area contributed by atoms with Crippen LogP contribution in [-0.2, 0) is 4.79 Å². The molecule has 1 rings (SSSR count). The molecule has 94 valence electrons. The van der Waals surface area contributed by atoms with Gasteiger partial charge in [-0.2, -0.15) is 0 Å². The summed E-state index contributed by atoms with van der Waals surface area (Å²) in [6.45, 7) is 5.32. The Morgan fingerprint density at radius 1 is 1.06 bits per heavy atom. The number of hydrogen-bond acceptors (Lipinski definition) is 1. The van der Waals surface area contributed by atoms with E-state index in [1.54, 1.807) is 20.8 Å². The lowest BCUT2D eigenvalue weighted by atomic mass is 9.95. The molecule has 2 nitrogen and oxygen atoms in total. The lowest BCUT2D eigenvalue weighted by molar-refractivity contribution is -0.123. The Morgan fingerprint density at radius 2 is 1.47 bits per heavy atom. The van der Waals surface area contributed by atoms with Crippen molar-refractivity contribution in [2.75, 3.05) is 5.32 Å². The number of carbonyl (C=O) groups excluding carboxylic acids is 1. The topological polar surface area (TPSA) is 29.1 Å². The van der Waals surface area contributed by atoms with E-state index >= 15 is 0 Å². The smallest absolute Gasteiger partial charge is 0.229 e. The highest BCUT2D eigenvalue weighted by atomic mass is 35.5. The minimum absolute atomic E-state index is 0.179. The number of hydrogen-bond donors (Lipinski definition) is 1. The summed E-state index contributed by atoms with van der Waals surface area (Å²) in [5, 5.41) is 3.47. The maximum atomic E-state index is 11.8. The fourth-order valence-electron chi connectivity index (χ4n) is 0.984. The van der Waals surface area contributed by atoms with Crippen LogP contribution < -0.4 is 5.32 Å². The first-order valence-electron chi connectivity index (χ1n) is 4.79. The predicted molar refractivity (Wildman–Crippen MR) is 74.6 cm³/mol. The lowest BCUT2D eigenvalue weighted by Crippen LogP contribution is -2.27. The normalized spacial score (nSPS) is 11.5. The number of anilines is 1. The Morgan fingerprint density at radius 3 is 1.82 bits per heavy atom. The van der Waals surface area contributed by atoms with E-state index < -0.39 is 5.41 Å². The molecule has 17 heavy (non-hydrogen) atoms. The zero-order valence-electron chi connectivity index (χ0n) is 9.50. The Hall–Kier alpha value is -0.150. The van der Waals surface area contributed by atoms with Gasteiger partial charge in [0.1, 0.15) is 0 Å². The molecule has 0 fully saturated rings. The van der Waals surface area contributed by atoms with Crippen LogP contribution in [0.25, 0.3) is 0 Å². The molecule has 1 aromatic carbocycles. The fraction of sp³-hybridized carbons (Fsp3) is 0.364. The standard InChI is InChI=1S/C11H11Cl4NO/c1-11(2,3)10(17)16-9-7(14)5(12)4-6(13)8(9)15/h4H,1-3H3,(H,16,17). The molecule has 0 unspecified atom stereocenters. The van der Waals surface area contributed by atoms with Crippen LogP contribution in [0.2, 0.25) is 20.1 Å². The molecule has 6 heteroatoms. The summed E-state index contributed by atoms with van der Waals surface area (Å²) in [6, 6.07) is 1.43. The molecule has 0 saturated heterocycles. The highest BCUT2D eigenvalue weighted by molar-refractivity contribution is 6.50. The average Bonchev–Trinajstić information content (AvgIpc) is 2.20. The number of amides is 1. The van der Waals surface area contributed by atoms with Crippen LogP contribution in [0.4, 0.5) is 5.69 Å². The van der Waals surface area contributed by atoms with Crippen molar-refractivity contribution < 1.29 is 4.79 Å².